The van der Waals surface area contributed by atoms with Crippen molar-refractivity contribution in [2.45, 2.75) is 11.8 Å². The SMILES string of the molecule is Cc1nn(-c2ccc(Cl)cc2)c(N)c1N=Nc1cc(Cl)c(S(=O)(=O)O)cc1Cl.OCCNCCO. The Morgan fingerprint density at radius 1 is 1.03 bits per heavy atom. The number of halogens is 3. The predicted molar refractivity (Wildman–Crippen MR) is 135 cm³/mol. The summed E-state index contributed by atoms with van der Waals surface area (Å²) >= 11 is 17.8. The van der Waals surface area contributed by atoms with Gasteiger partial charge in [0.15, 0.2) is 11.5 Å². The van der Waals surface area contributed by atoms with Gasteiger partial charge in [-0.1, -0.05) is 34.8 Å². The number of nitrogens with one attached hydrogen (secondary N) is 1. The second-order valence-corrected chi connectivity index (χ2v) is 9.45. The van der Waals surface area contributed by atoms with Crippen molar-refractivity contribution in [2.75, 3.05) is 32.0 Å². The molecule has 0 aliphatic rings. The molecule has 0 bridgehead atoms. The lowest BCUT2D eigenvalue weighted by atomic mass is 10.3. The summed E-state index contributed by atoms with van der Waals surface area (Å²) in [4.78, 5) is -0.524. The van der Waals surface area contributed by atoms with E-state index in [2.05, 4.69) is 20.6 Å². The van der Waals surface area contributed by atoms with Gasteiger partial charge in [-0.05, 0) is 43.3 Å². The van der Waals surface area contributed by atoms with Gasteiger partial charge in [-0.2, -0.15) is 13.5 Å². The molecule has 190 valence electrons. The first-order valence-corrected chi connectivity index (χ1v) is 12.5. The maximum Gasteiger partial charge on any atom is 0.296 e. The fourth-order valence-electron chi connectivity index (χ4n) is 2.62. The van der Waals surface area contributed by atoms with Crippen LogP contribution in [0.4, 0.5) is 17.2 Å². The zero-order valence-electron chi connectivity index (χ0n) is 18.4. The van der Waals surface area contributed by atoms with E-state index in [4.69, 9.17) is 55.3 Å². The first-order chi connectivity index (χ1) is 16.5. The third-order valence-electron chi connectivity index (χ3n) is 4.25. The Kier molecular flexibility index (Phi) is 10.9. The van der Waals surface area contributed by atoms with E-state index in [0.29, 0.717) is 35.2 Å². The van der Waals surface area contributed by atoms with E-state index < -0.39 is 15.0 Å². The van der Waals surface area contributed by atoms with Gasteiger partial charge in [-0.25, -0.2) is 4.68 Å². The largest absolute Gasteiger partial charge is 0.395 e. The highest BCUT2D eigenvalue weighted by molar-refractivity contribution is 7.86. The summed E-state index contributed by atoms with van der Waals surface area (Å²) < 4.78 is 33.1. The molecule has 0 unspecified atom stereocenters. The van der Waals surface area contributed by atoms with Gasteiger partial charge in [0, 0.05) is 18.1 Å². The Morgan fingerprint density at radius 2 is 1.63 bits per heavy atom. The van der Waals surface area contributed by atoms with Gasteiger partial charge in [-0.15, -0.1) is 10.2 Å². The third-order valence-corrected chi connectivity index (χ3v) is 6.12. The van der Waals surface area contributed by atoms with Crippen LogP contribution in [0, 0.1) is 6.92 Å². The number of hydrogen-bond donors (Lipinski definition) is 5. The zero-order chi connectivity index (χ0) is 26.2. The molecule has 0 spiro atoms. The Labute approximate surface area is 216 Å². The second-order valence-electron chi connectivity index (χ2n) is 6.81. The molecule has 1 heterocycles. The maximum absolute atomic E-state index is 11.3. The predicted octanol–water partition coefficient (Wildman–Crippen LogP) is 3.95. The molecule has 0 amide bonds. The van der Waals surface area contributed by atoms with Crippen molar-refractivity contribution in [3.8, 4) is 5.69 Å². The van der Waals surface area contributed by atoms with E-state index in [1.165, 1.54) is 10.7 Å². The Balaban J connectivity index is 0.000000540. The molecule has 6 N–H and O–H groups in total. The maximum atomic E-state index is 11.3. The summed E-state index contributed by atoms with van der Waals surface area (Å²) in [5.41, 5.74) is 7.72. The number of aryl methyl sites for hydroxylation is 1. The highest BCUT2D eigenvalue weighted by atomic mass is 35.5. The zero-order valence-corrected chi connectivity index (χ0v) is 21.4. The molecule has 11 nitrogen and oxygen atoms in total. The van der Waals surface area contributed by atoms with Crippen LogP contribution < -0.4 is 11.1 Å². The molecule has 3 aromatic rings. The van der Waals surface area contributed by atoms with Crippen molar-refractivity contribution >= 4 is 62.1 Å². The second kappa shape index (κ2) is 13.1. The molecular formula is C20H23Cl3N6O5S. The highest BCUT2D eigenvalue weighted by Gasteiger charge is 2.18. The normalized spacial score (nSPS) is 11.5. The van der Waals surface area contributed by atoms with Gasteiger partial charge in [0.05, 0.1) is 34.6 Å². The van der Waals surface area contributed by atoms with Gasteiger partial charge in [-0.3, -0.25) is 4.55 Å². The minimum absolute atomic E-state index is 0.0675. The Morgan fingerprint density at radius 3 is 2.17 bits per heavy atom. The average molecular weight is 566 g/mol. The number of benzene rings is 2. The standard InChI is InChI=1S/C16H12Cl3N5O3S.C4H11NO2/c1-8-15(16(20)24(23-8)10-4-2-9(17)3-5-10)22-21-13-6-12(19)14(7-11(13)18)28(25,26)27;6-3-1-5-2-4-7/h2-7H,20H2,1H3,(H,25,26,27);5-7H,1-4H2. The monoisotopic (exact) mass is 564 g/mol. The minimum Gasteiger partial charge on any atom is -0.395 e. The van der Waals surface area contributed by atoms with Gasteiger partial charge < -0.3 is 21.3 Å². The van der Waals surface area contributed by atoms with Crippen molar-refractivity contribution in [2.24, 2.45) is 10.2 Å². The fourth-order valence-corrected chi connectivity index (χ4v) is 4.03. The van der Waals surface area contributed by atoms with Gasteiger partial charge >= 0.3 is 0 Å². The summed E-state index contributed by atoms with van der Waals surface area (Å²) in [7, 11) is -4.52. The van der Waals surface area contributed by atoms with Crippen LogP contribution in [0.3, 0.4) is 0 Å². The molecule has 3 rings (SSSR count). The van der Waals surface area contributed by atoms with Crippen LogP contribution in [0.2, 0.25) is 15.1 Å². The van der Waals surface area contributed by atoms with E-state index in [9.17, 15) is 8.42 Å². The number of aromatic nitrogens is 2. The quantitative estimate of drug-likeness (QED) is 0.155. The lowest BCUT2D eigenvalue weighted by Crippen LogP contribution is -2.21. The number of nitrogens with two attached hydrogens (primary N) is 1. The Hall–Kier alpha value is -2.29. The smallest absolute Gasteiger partial charge is 0.296 e. The Bertz CT molecular complexity index is 1280. The molecule has 0 aliphatic heterocycles. The molecule has 1 aromatic heterocycles. The van der Waals surface area contributed by atoms with E-state index in [-0.39, 0.29) is 34.8 Å². The molecule has 0 atom stereocenters. The van der Waals surface area contributed by atoms with Crippen LogP contribution in [0.15, 0.2) is 51.5 Å². The topological polar surface area (TPSA) is 175 Å². The first-order valence-electron chi connectivity index (χ1n) is 9.91. The van der Waals surface area contributed by atoms with Gasteiger partial charge in [0.2, 0.25) is 0 Å². The summed E-state index contributed by atoms with van der Waals surface area (Å²) in [5, 5.41) is 31.7. The lowest BCUT2D eigenvalue weighted by Gasteiger charge is -2.04. The molecule has 0 radical (unpaired) electrons. The first kappa shape index (κ1) is 28.9. The van der Waals surface area contributed by atoms with E-state index in [1.54, 1.807) is 31.2 Å². The summed E-state index contributed by atoms with van der Waals surface area (Å²) in [6, 6.07) is 9.06. The number of nitrogens with zero attached hydrogens (tertiary/aromatic N) is 4. The van der Waals surface area contributed by atoms with Crippen LogP contribution >= 0.6 is 34.8 Å². The van der Waals surface area contributed by atoms with Crippen LogP contribution in [0.1, 0.15) is 5.69 Å². The summed E-state index contributed by atoms with van der Waals surface area (Å²) in [5.74, 6) is 0.236. The summed E-state index contributed by atoms with van der Waals surface area (Å²) in [6.07, 6.45) is 0. The molecular weight excluding hydrogens is 543 g/mol. The number of hydrogen-bond acceptors (Lipinski definition) is 9. The third kappa shape index (κ3) is 8.12. The van der Waals surface area contributed by atoms with Crippen LogP contribution in [-0.4, -0.2) is 59.3 Å². The van der Waals surface area contributed by atoms with Crippen molar-refractivity contribution in [3.63, 3.8) is 0 Å². The lowest BCUT2D eigenvalue weighted by molar-refractivity contribution is 0.266. The number of aliphatic hydroxyl groups excluding tert-OH is 2. The number of azo groups is 1. The molecule has 0 fully saturated rings. The minimum atomic E-state index is -4.52. The molecule has 15 heteroatoms. The van der Waals surface area contributed by atoms with Crippen LogP contribution in [-0.2, 0) is 10.1 Å². The van der Waals surface area contributed by atoms with Crippen molar-refractivity contribution in [1.82, 2.24) is 15.1 Å². The summed E-state index contributed by atoms with van der Waals surface area (Å²) in [6.45, 7) is 3.12. The molecule has 0 aliphatic carbocycles. The van der Waals surface area contributed by atoms with E-state index in [1.807, 2.05) is 0 Å². The van der Waals surface area contributed by atoms with Crippen LogP contribution in [0.25, 0.3) is 5.69 Å². The molecule has 0 saturated carbocycles. The van der Waals surface area contributed by atoms with Gasteiger partial charge in [0.25, 0.3) is 10.1 Å². The van der Waals surface area contributed by atoms with E-state index in [0.717, 1.165) is 6.07 Å². The van der Waals surface area contributed by atoms with Crippen LogP contribution in [0.5, 0.6) is 0 Å². The molecule has 35 heavy (non-hydrogen) atoms. The molecule has 0 saturated heterocycles. The van der Waals surface area contributed by atoms with Crippen molar-refractivity contribution in [1.29, 1.82) is 0 Å². The fraction of sp³-hybridized carbons (Fsp3) is 0.250. The highest BCUT2D eigenvalue weighted by Crippen LogP contribution is 2.36. The number of nitrogen functional groups attached to an aromatic ring is 1. The average Bonchev–Trinajstić information content (AvgIpc) is 3.08. The number of anilines is 1. The van der Waals surface area contributed by atoms with Crippen molar-refractivity contribution < 1.29 is 23.2 Å². The van der Waals surface area contributed by atoms with Gasteiger partial charge in [0.1, 0.15) is 10.6 Å². The molecule has 2 aromatic carbocycles. The number of aliphatic hydroxyl groups is 2. The van der Waals surface area contributed by atoms with Crippen molar-refractivity contribution in [3.05, 3.63) is 57.2 Å². The van der Waals surface area contributed by atoms with E-state index >= 15 is 0 Å². The number of rotatable bonds is 8.